The van der Waals surface area contributed by atoms with Crippen molar-refractivity contribution in [3.63, 3.8) is 0 Å². The fourth-order valence-electron chi connectivity index (χ4n) is 4.37. The van der Waals surface area contributed by atoms with E-state index in [4.69, 9.17) is 9.72 Å². The maximum Gasteiger partial charge on any atom is 0.129 e. The second-order valence-electron chi connectivity index (χ2n) is 8.86. The van der Waals surface area contributed by atoms with Crippen molar-refractivity contribution in [3.8, 4) is 17.0 Å². The molecule has 1 saturated heterocycles. The highest BCUT2D eigenvalue weighted by Crippen LogP contribution is 2.27. The number of aromatic nitrogens is 3. The van der Waals surface area contributed by atoms with Gasteiger partial charge >= 0.3 is 0 Å². The van der Waals surface area contributed by atoms with Crippen LogP contribution < -0.4 is 15.0 Å². The first-order chi connectivity index (χ1) is 16.0. The number of benzene rings is 1. The lowest BCUT2D eigenvalue weighted by Gasteiger charge is -2.35. The van der Waals surface area contributed by atoms with Gasteiger partial charge in [-0.2, -0.15) is 0 Å². The molecule has 0 saturated carbocycles. The Morgan fingerprint density at radius 2 is 1.91 bits per heavy atom. The summed E-state index contributed by atoms with van der Waals surface area (Å²) in [4.78, 5) is 18.3. The van der Waals surface area contributed by atoms with Crippen molar-refractivity contribution in [1.29, 1.82) is 0 Å². The van der Waals surface area contributed by atoms with Crippen LogP contribution in [0.15, 0.2) is 55.0 Å². The highest BCUT2D eigenvalue weighted by atomic mass is 16.5. The van der Waals surface area contributed by atoms with Crippen LogP contribution in [-0.2, 0) is 0 Å². The quantitative estimate of drug-likeness (QED) is 0.554. The Morgan fingerprint density at radius 1 is 1.12 bits per heavy atom. The predicted molar refractivity (Wildman–Crippen MR) is 134 cm³/mol. The molecule has 2 aromatic heterocycles. The molecule has 0 amide bonds. The lowest BCUT2D eigenvalue weighted by molar-refractivity contribution is 0.252. The van der Waals surface area contributed by atoms with Crippen LogP contribution in [0.2, 0.25) is 0 Å². The molecule has 1 unspecified atom stereocenters. The van der Waals surface area contributed by atoms with E-state index >= 15 is 0 Å². The zero-order chi connectivity index (χ0) is 23.2. The number of hydrogen-bond donors (Lipinski definition) is 1. The largest absolute Gasteiger partial charge is 0.496 e. The molecule has 0 bridgehead atoms. The van der Waals surface area contributed by atoms with E-state index in [1.54, 1.807) is 13.4 Å². The molecule has 1 N–H and O–H groups in total. The number of anilines is 2. The van der Waals surface area contributed by atoms with Crippen molar-refractivity contribution in [2.24, 2.45) is 0 Å². The molecule has 1 aliphatic rings. The van der Waals surface area contributed by atoms with Crippen molar-refractivity contribution in [2.75, 3.05) is 51.1 Å². The third kappa shape index (κ3) is 5.60. The molecule has 0 aliphatic carbocycles. The van der Waals surface area contributed by atoms with Crippen LogP contribution in [-0.4, -0.2) is 66.7 Å². The molecule has 0 radical (unpaired) electrons. The number of likely N-dealkylation sites (tertiary alicyclic amines) is 1. The zero-order valence-corrected chi connectivity index (χ0v) is 20.0. The monoisotopic (exact) mass is 446 g/mol. The van der Waals surface area contributed by atoms with Crippen molar-refractivity contribution in [1.82, 2.24) is 19.9 Å². The van der Waals surface area contributed by atoms with E-state index in [0.717, 1.165) is 48.3 Å². The maximum atomic E-state index is 5.50. The van der Waals surface area contributed by atoms with Gasteiger partial charge in [-0.15, -0.1) is 0 Å². The molecule has 3 aromatic rings. The molecule has 33 heavy (non-hydrogen) atoms. The molecule has 1 fully saturated rings. The van der Waals surface area contributed by atoms with E-state index < -0.39 is 0 Å². The lowest BCUT2D eigenvalue weighted by Crippen LogP contribution is -2.42. The molecular formula is C26H34N6O. The van der Waals surface area contributed by atoms with Gasteiger partial charge in [0.1, 0.15) is 23.7 Å². The number of rotatable bonds is 8. The van der Waals surface area contributed by atoms with Gasteiger partial charge in [0.15, 0.2) is 0 Å². The first-order valence-corrected chi connectivity index (χ1v) is 11.6. The number of nitrogens with zero attached hydrogens (tertiary/aromatic N) is 5. The summed E-state index contributed by atoms with van der Waals surface area (Å²) >= 11 is 0. The van der Waals surface area contributed by atoms with Crippen molar-refractivity contribution >= 4 is 11.6 Å². The topological polar surface area (TPSA) is 66.4 Å². The standard InChI is InChI=1S/C26H34N6O/c1-19(22-7-5-6-8-24(22)33-4)16-27-25-15-23(29-18-30-25)20-9-10-26(28-17-20)32(3)21-11-13-31(2)14-12-21/h5-10,15,17-19,21H,11-14,16H2,1-4H3,(H,27,29,30). The van der Waals surface area contributed by atoms with Gasteiger partial charge in [0.25, 0.3) is 0 Å². The minimum Gasteiger partial charge on any atom is -0.496 e. The van der Waals surface area contributed by atoms with Gasteiger partial charge in [-0.05, 0) is 56.7 Å². The van der Waals surface area contributed by atoms with Gasteiger partial charge in [0.2, 0.25) is 0 Å². The molecule has 7 heteroatoms. The Labute approximate surface area is 196 Å². The van der Waals surface area contributed by atoms with E-state index in [1.165, 1.54) is 18.4 Å². The number of ether oxygens (including phenoxy) is 1. The number of nitrogens with one attached hydrogen (secondary N) is 1. The fourth-order valence-corrected chi connectivity index (χ4v) is 4.37. The summed E-state index contributed by atoms with van der Waals surface area (Å²) in [5, 5.41) is 3.44. The van der Waals surface area contributed by atoms with Gasteiger partial charge < -0.3 is 19.9 Å². The second-order valence-corrected chi connectivity index (χ2v) is 8.86. The Kier molecular flexibility index (Phi) is 7.40. The molecule has 0 spiro atoms. The number of pyridine rings is 1. The normalized spacial score (nSPS) is 15.8. The highest BCUT2D eigenvalue weighted by Gasteiger charge is 2.21. The summed E-state index contributed by atoms with van der Waals surface area (Å²) in [6.45, 7) is 5.20. The smallest absolute Gasteiger partial charge is 0.129 e. The van der Waals surface area contributed by atoms with Gasteiger partial charge in [-0.3, -0.25) is 0 Å². The van der Waals surface area contributed by atoms with Crippen LogP contribution in [0, 0.1) is 0 Å². The molecule has 1 aromatic carbocycles. The Bertz CT molecular complexity index is 1030. The van der Waals surface area contributed by atoms with Crippen LogP contribution in [0.1, 0.15) is 31.2 Å². The van der Waals surface area contributed by atoms with Gasteiger partial charge in [0.05, 0.1) is 12.8 Å². The van der Waals surface area contributed by atoms with Crippen LogP contribution in [0.4, 0.5) is 11.6 Å². The van der Waals surface area contributed by atoms with E-state index in [2.05, 4.69) is 64.3 Å². The van der Waals surface area contributed by atoms with Crippen molar-refractivity contribution < 1.29 is 4.74 Å². The molecule has 1 aliphatic heterocycles. The summed E-state index contributed by atoms with van der Waals surface area (Å²) in [7, 11) is 6.04. The predicted octanol–water partition coefficient (Wildman–Crippen LogP) is 4.29. The molecule has 7 nitrogen and oxygen atoms in total. The average Bonchev–Trinajstić information content (AvgIpc) is 2.87. The molecule has 3 heterocycles. The second kappa shape index (κ2) is 10.6. The van der Waals surface area contributed by atoms with Crippen LogP contribution in [0.3, 0.4) is 0 Å². The summed E-state index contributed by atoms with van der Waals surface area (Å²) in [6, 6.07) is 14.8. The van der Waals surface area contributed by atoms with E-state index in [9.17, 15) is 0 Å². The highest BCUT2D eigenvalue weighted by molar-refractivity contribution is 5.62. The first kappa shape index (κ1) is 23.0. The summed E-state index contributed by atoms with van der Waals surface area (Å²) in [5.41, 5.74) is 3.02. The summed E-state index contributed by atoms with van der Waals surface area (Å²) in [5.74, 6) is 2.99. The van der Waals surface area contributed by atoms with Crippen molar-refractivity contribution in [2.45, 2.75) is 31.7 Å². The van der Waals surface area contributed by atoms with Gasteiger partial charge in [-0.25, -0.2) is 15.0 Å². The first-order valence-electron chi connectivity index (χ1n) is 11.6. The third-order valence-electron chi connectivity index (χ3n) is 6.57. The minimum atomic E-state index is 0.274. The van der Waals surface area contributed by atoms with Gasteiger partial charge in [0, 0.05) is 43.4 Å². The van der Waals surface area contributed by atoms with E-state index in [1.807, 2.05) is 30.5 Å². The lowest BCUT2D eigenvalue weighted by atomic mass is 10.00. The van der Waals surface area contributed by atoms with E-state index in [-0.39, 0.29) is 5.92 Å². The third-order valence-corrected chi connectivity index (χ3v) is 6.57. The van der Waals surface area contributed by atoms with Crippen LogP contribution in [0.5, 0.6) is 5.75 Å². The molecule has 1 atom stereocenters. The van der Waals surface area contributed by atoms with Crippen LogP contribution >= 0.6 is 0 Å². The van der Waals surface area contributed by atoms with Crippen molar-refractivity contribution in [3.05, 3.63) is 60.6 Å². The summed E-state index contributed by atoms with van der Waals surface area (Å²) < 4.78 is 5.50. The number of piperidine rings is 1. The summed E-state index contributed by atoms with van der Waals surface area (Å²) in [6.07, 6.45) is 5.85. The number of hydrogen-bond acceptors (Lipinski definition) is 7. The Balaban J connectivity index is 1.40. The molecule has 4 rings (SSSR count). The number of para-hydroxylation sites is 1. The van der Waals surface area contributed by atoms with Gasteiger partial charge in [-0.1, -0.05) is 25.1 Å². The van der Waals surface area contributed by atoms with E-state index in [0.29, 0.717) is 6.04 Å². The SMILES string of the molecule is COc1ccccc1C(C)CNc1cc(-c2ccc(N(C)C3CCN(C)CC3)nc2)ncn1. The Morgan fingerprint density at radius 3 is 2.64 bits per heavy atom. The fraction of sp³-hybridized carbons (Fsp3) is 0.423. The average molecular weight is 447 g/mol. The minimum absolute atomic E-state index is 0.274. The Hall–Kier alpha value is -3.19. The molecule has 174 valence electrons. The van der Waals surface area contributed by atoms with Crippen LogP contribution in [0.25, 0.3) is 11.3 Å². The zero-order valence-electron chi connectivity index (χ0n) is 20.0. The maximum absolute atomic E-state index is 5.50. The molecular weight excluding hydrogens is 412 g/mol. The number of methoxy groups -OCH3 is 1.